The molecule has 0 atom stereocenters. The number of rotatable bonds is 9. The standard InChI is InChI=1S/C22H29ClN4O2S/c1-3-8-27(9-4-2)21(28)18-7-5-6-17(14-18)16-30-22-24-19(23)15-20(25-22)26-10-12-29-13-11-26/h5-7,14-15H,3-4,8-13,16H2,1-2H3. The smallest absolute Gasteiger partial charge is 0.253 e. The van der Waals surface area contributed by atoms with Gasteiger partial charge in [-0.1, -0.05) is 49.3 Å². The van der Waals surface area contributed by atoms with Crippen LogP contribution < -0.4 is 4.90 Å². The molecule has 1 aliphatic heterocycles. The second-order valence-electron chi connectivity index (χ2n) is 7.21. The first-order valence-corrected chi connectivity index (χ1v) is 11.8. The van der Waals surface area contributed by atoms with E-state index in [1.165, 1.54) is 11.8 Å². The first-order chi connectivity index (χ1) is 14.6. The van der Waals surface area contributed by atoms with E-state index in [1.807, 2.05) is 29.2 Å². The van der Waals surface area contributed by atoms with Crippen LogP contribution in [0.5, 0.6) is 0 Å². The molecule has 1 aromatic heterocycles. The van der Waals surface area contributed by atoms with Crippen molar-refractivity contribution in [3.05, 3.63) is 46.6 Å². The van der Waals surface area contributed by atoms with Gasteiger partial charge in [-0.3, -0.25) is 4.79 Å². The van der Waals surface area contributed by atoms with Crippen molar-refractivity contribution < 1.29 is 9.53 Å². The molecular weight excluding hydrogens is 420 g/mol. The minimum absolute atomic E-state index is 0.0964. The number of aromatic nitrogens is 2. The Labute approximate surface area is 188 Å². The molecule has 2 heterocycles. The summed E-state index contributed by atoms with van der Waals surface area (Å²) in [7, 11) is 0. The fraction of sp³-hybridized carbons (Fsp3) is 0.500. The number of benzene rings is 1. The van der Waals surface area contributed by atoms with E-state index in [2.05, 4.69) is 28.7 Å². The van der Waals surface area contributed by atoms with Gasteiger partial charge < -0.3 is 14.5 Å². The molecule has 0 saturated carbocycles. The molecule has 0 aliphatic carbocycles. The Balaban J connectivity index is 1.68. The third kappa shape index (κ3) is 6.33. The van der Waals surface area contributed by atoms with Gasteiger partial charge in [-0.15, -0.1) is 0 Å². The van der Waals surface area contributed by atoms with Gasteiger partial charge in [0.1, 0.15) is 11.0 Å². The number of anilines is 1. The molecule has 30 heavy (non-hydrogen) atoms. The molecule has 1 aliphatic rings. The van der Waals surface area contributed by atoms with Crippen LogP contribution in [0.3, 0.4) is 0 Å². The third-order valence-electron chi connectivity index (χ3n) is 4.81. The van der Waals surface area contributed by atoms with Gasteiger partial charge in [0.15, 0.2) is 5.16 Å². The summed E-state index contributed by atoms with van der Waals surface area (Å²) >= 11 is 7.77. The molecular formula is C22H29ClN4O2S. The van der Waals surface area contributed by atoms with Crippen LogP contribution in [-0.2, 0) is 10.5 Å². The summed E-state index contributed by atoms with van der Waals surface area (Å²) in [6.45, 7) is 8.74. The van der Waals surface area contributed by atoms with E-state index in [9.17, 15) is 4.79 Å². The zero-order valence-corrected chi connectivity index (χ0v) is 19.2. The predicted molar refractivity (Wildman–Crippen MR) is 123 cm³/mol. The summed E-state index contributed by atoms with van der Waals surface area (Å²) in [5, 5.41) is 1.08. The van der Waals surface area contributed by atoms with Crippen LogP contribution in [0.25, 0.3) is 0 Å². The molecule has 1 amide bonds. The summed E-state index contributed by atoms with van der Waals surface area (Å²) in [4.78, 5) is 26.0. The zero-order chi connectivity index (χ0) is 21.3. The van der Waals surface area contributed by atoms with Crippen molar-refractivity contribution in [2.45, 2.75) is 37.6 Å². The number of nitrogens with zero attached hydrogens (tertiary/aromatic N) is 4. The minimum Gasteiger partial charge on any atom is -0.378 e. The predicted octanol–water partition coefficient (Wildman–Crippen LogP) is 4.52. The fourth-order valence-electron chi connectivity index (χ4n) is 3.38. The second-order valence-corrected chi connectivity index (χ2v) is 8.54. The number of amides is 1. The first kappa shape index (κ1) is 22.8. The number of hydrogen-bond acceptors (Lipinski definition) is 6. The van der Waals surface area contributed by atoms with Gasteiger partial charge in [0, 0.05) is 43.6 Å². The van der Waals surface area contributed by atoms with E-state index >= 15 is 0 Å². The highest BCUT2D eigenvalue weighted by Gasteiger charge is 2.16. The van der Waals surface area contributed by atoms with Crippen LogP contribution in [-0.4, -0.2) is 60.2 Å². The molecule has 0 unspecified atom stereocenters. The van der Waals surface area contributed by atoms with Crippen molar-refractivity contribution in [3.63, 3.8) is 0 Å². The van der Waals surface area contributed by atoms with Crippen molar-refractivity contribution in [1.82, 2.24) is 14.9 Å². The van der Waals surface area contributed by atoms with Crippen LogP contribution in [0.1, 0.15) is 42.6 Å². The molecule has 3 rings (SSSR count). The summed E-state index contributed by atoms with van der Waals surface area (Å²) < 4.78 is 5.41. The summed E-state index contributed by atoms with van der Waals surface area (Å²) in [5.74, 6) is 1.60. The SMILES string of the molecule is CCCN(CCC)C(=O)c1cccc(CSc2nc(Cl)cc(N3CCOCC3)n2)c1. The van der Waals surface area contributed by atoms with E-state index in [1.54, 1.807) is 6.07 Å². The van der Waals surface area contributed by atoms with Gasteiger partial charge in [0.05, 0.1) is 13.2 Å². The Bertz CT molecular complexity index is 840. The molecule has 0 N–H and O–H groups in total. The van der Waals surface area contributed by atoms with Gasteiger partial charge >= 0.3 is 0 Å². The van der Waals surface area contributed by atoms with Crippen LogP contribution >= 0.6 is 23.4 Å². The maximum absolute atomic E-state index is 12.9. The molecule has 0 spiro atoms. The number of thioether (sulfide) groups is 1. The molecule has 0 radical (unpaired) electrons. The molecule has 1 saturated heterocycles. The minimum atomic E-state index is 0.0964. The monoisotopic (exact) mass is 448 g/mol. The fourth-order valence-corrected chi connectivity index (χ4v) is 4.41. The summed E-state index contributed by atoms with van der Waals surface area (Å²) in [6.07, 6.45) is 1.91. The average Bonchev–Trinajstić information content (AvgIpc) is 2.77. The molecule has 6 nitrogen and oxygen atoms in total. The number of carbonyl (C=O) groups is 1. The van der Waals surface area contributed by atoms with Crippen molar-refractivity contribution >= 4 is 35.1 Å². The Hall–Kier alpha value is -1.83. The zero-order valence-electron chi connectivity index (χ0n) is 17.6. The van der Waals surface area contributed by atoms with Crippen molar-refractivity contribution in [2.24, 2.45) is 0 Å². The molecule has 2 aromatic rings. The number of hydrogen-bond donors (Lipinski definition) is 0. The normalized spacial score (nSPS) is 14.0. The van der Waals surface area contributed by atoms with E-state index in [-0.39, 0.29) is 5.91 Å². The summed E-state index contributed by atoms with van der Waals surface area (Å²) in [5.41, 5.74) is 1.80. The second kappa shape index (κ2) is 11.5. The van der Waals surface area contributed by atoms with Crippen molar-refractivity contribution in [1.29, 1.82) is 0 Å². The molecule has 0 bridgehead atoms. The van der Waals surface area contributed by atoms with Crippen LogP contribution in [0.2, 0.25) is 5.15 Å². The molecule has 162 valence electrons. The lowest BCUT2D eigenvalue weighted by Gasteiger charge is -2.27. The highest BCUT2D eigenvalue weighted by atomic mass is 35.5. The number of halogens is 1. The van der Waals surface area contributed by atoms with E-state index in [4.69, 9.17) is 16.3 Å². The average molecular weight is 449 g/mol. The van der Waals surface area contributed by atoms with Gasteiger partial charge in [-0.2, -0.15) is 0 Å². The van der Waals surface area contributed by atoms with Crippen LogP contribution in [0, 0.1) is 0 Å². The van der Waals surface area contributed by atoms with Gasteiger partial charge in [0.25, 0.3) is 5.91 Å². The maximum Gasteiger partial charge on any atom is 0.253 e. The van der Waals surface area contributed by atoms with Gasteiger partial charge in [-0.25, -0.2) is 9.97 Å². The largest absolute Gasteiger partial charge is 0.378 e. The Morgan fingerprint density at radius 2 is 1.90 bits per heavy atom. The number of carbonyl (C=O) groups excluding carboxylic acids is 1. The first-order valence-electron chi connectivity index (χ1n) is 10.5. The number of ether oxygens (including phenoxy) is 1. The van der Waals surface area contributed by atoms with Crippen LogP contribution in [0.15, 0.2) is 35.5 Å². The quantitative estimate of drug-likeness (QED) is 0.319. The van der Waals surface area contributed by atoms with Crippen molar-refractivity contribution in [2.75, 3.05) is 44.3 Å². The van der Waals surface area contributed by atoms with Gasteiger partial charge in [-0.05, 0) is 30.5 Å². The molecule has 1 aromatic carbocycles. The molecule has 1 fully saturated rings. The summed E-state index contributed by atoms with van der Waals surface area (Å²) in [6, 6.07) is 9.63. The lowest BCUT2D eigenvalue weighted by Crippen LogP contribution is -2.36. The highest BCUT2D eigenvalue weighted by Crippen LogP contribution is 2.25. The van der Waals surface area contributed by atoms with Crippen molar-refractivity contribution in [3.8, 4) is 0 Å². The number of morpholine rings is 1. The molecule has 8 heteroatoms. The lowest BCUT2D eigenvalue weighted by atomic mass is 10.1. The Morgan fingerprint density at radius 1 is 1.17 bits per heavy atom. The topological polar surface area (TPSA) is 58.6 Å². The lowest BCUT2D eigenvalue weighted by molar-refractivity contribution is 0.0755. The maximum atomic E-state index is 12.9. The Morgan fingerprint density at radius 3 is 2.60 bits per heavy atom. The van der Waals surface area contributed by atoms with E-state index in [0.29, 0.717) is 29.3 Å². The van der Waals surface area contributed by atoms with Crippen LogP contribution in [0.4, 0.5) is 5.82 Å². The van der Waals surface area contributed by atoms with E-state index < -0.39 is 0 Å². The Kier molecular flexibility index (Phi) is 8.78. The van der Waals surface area contributed by atoms with Gasteiger partial charge in [0.2, 0.25) is 0 Å². The third-order valence-corrected chi connectivity index (χ3v) is 5.92. The highest BCUT2D eigenvalue weighted by molar-refractivity contribution is 7.98. The van der Waals surface area contributed by atoms with E-state index in [0.717, 1.165) is 56.0 Å².